The fourth-order valence-electron chi connectivity index (χ4n) is 1.48. The molecule has 18 heavy (non-hydrogen) atoms. The SMILES string of the molecule is CCOC(=O)c1ccc(C(Cl)C(C)=O)cc1SC. The molecule has 0 aliphatic rings. The second-order valence-corrected chi connectivity index (χ2v) is 4.94. The van der Waals surface area contributed by atoms with Crippen LogP contribution in [0, 0.1) is 0 Å². The van der Waals surface area contributed by atoms with Gasteiger partial charge in [0.15, 0.2) is 5.78 Å². The van der Waals surface area contributed by atoms with Gasteiger partial charge >= 0.3 is 5.97 Å². The first-order valence-corrected chi connectivity index (χ1v) is 7.17. The van der Waals surface area contributed by atoms with Crippen LogP contribution in [0.5, 0.6) is 0 Å². The fourth-order valence-corrected chi connectivity index (χ4v) is 2.24. The summed E-state index contributed by atoms with van der Waals surface area (Å²) in [6.07, 6.45) is 1.86. The maximum atomic E-state index is 11.7. The number of ether oxygens (including phenoxy) is 1. The van der Waals surface area contributed by atoms with Crippen molar-refractivity contribution in [3.05, 3.63) is 29.3 Å². The molecule has 0 spiro atoms. The van der Waals surface area contributed by atoms with Crippen molar-refractivity contribution < 1.29 is 14.3 Å². The van der Waals surface area contributed by atoms with Gasteiger partial charge in [-0.3, -0.25) is 4.79 Å². The van der Waals surface area contributed by atoms with Crippen molar-refractivity contribution in [2.24, 2.45) is 0 Å². The van der Waals surface area contributed by atoms with Gasteiger partial charge in [0.2, 0.25) is 0 Å². The van der Waals surface area contributed by atoms with Crippen molar-refractivity contribution >= 4 is 35.1 Å². The van der Waals surface area contributed by atoms with E-state index in [9.17, 15) is 9.59 Å². The summed E-state index contributed by atoms with van der Waals surface area (Å²) >= 11 is 7.41. The lowest BCUT2D eigenvalue weighted by Crippen LogP contribution is -2.08. The van der Waals surface area contributed by atoms with Crippen molar-refractivity contribution in [1.82, 2.24) is 0 Å². The third-order valence-corrected chi connectivity index (χ3v) is 3.71. The minimum absolute atomic E-state index is 0.118. The summed E-state index contributed by atoms with van der Waals surface area (Å²) in [4.78, 5) is 23.7. The quantitative estimate of drug-likeness (QED) is 0.472. The average Bonchev–Trinajstić information content (AvgIpc) is 2.37. The van der Waals surface area contributed by atoms with E-state index < -0.39 is 5.38 Å². The van der Waals surface area contributed by atoms with E-state index in [0.717, 1.165) is 4.90 Å². The predicted molar refractivity (Wildman–Crippen MR) is 73.5 cm³/mol. The van der Waals surface area contributed by atoms with Gasteiger partial charge in [0.25, 0.3) is 0 Å². The zero-order valence-corrected chi connectivity index (χ0v) is 12.1. The summed E-state index contributed by atoms with van der Waals surface area (Å²) in [7, 11) is 0. The average molecular weight is 287 g/mol. The van der Waals surface area contributed by atoms with E-state index >= 15 is 0 Å². The number of thioether (sulfide) groups is 1. The van der Waals surface area contributed by atoms with E-state index in [1.807, 2.05) is 6.26 Å². The van der Waals surface area contributed by atoms with E-state index in [-0.39, 0.29) is 11.8 Å². The molecule has 0 amide bonds. The van der Waals surface area contributed by atoms with Crippen LogP contribution in [-0.2, 0) is 9.53 Å². The largest absolute Gasteiger partial charge is 0.462 e. The molecule has 0 saturated heterocycles. The minimum atomic E-state index is -0.674. The molecule has 1 unspecified atom stereocenters. The minimum Gasteiger partial charge on any atom is -0.462 e. The highest BCUT2D eigenvalue weighted by molar-refractivity contribution is 7.98. The highest BCUT2D eigenvalue weighted by Crippen LogP contribution is 2.28. The lowest BCUT2D eigenvalue weighted by Gasteiger charge is -2.11. The van der Waals surface area contributed by atoms with Crippen LogP contribution in [0.2, 0.25) is 0 Å². The third-order valence-electron chi connectivity index (χ3n) is 2.37. The van der Waals surface area contributed by atoms with Gasteiger partial charge in [-0.1, -0.05) is 6.07 Å². The number of alkyl halides is 1. The zero-order chi connectivity index (χ0) is 13.7. The molecule has 1 aromatic carbocycles. The molecule has 0 aliphatic heterocycles. The molecular weight excluding hydrogens is 272 g/mol. The number of rotatable bonds is 5. The van der Waals surface area contributed by atoms with E-state index in [4.69, 9.17) is 16.3 Å². The first kappa shape index (κ1) is 15.1. The molecule has 1 aromatic rings. The molecule has 5 heteroatoms. The molecule has 0 aromatic heterocycles. The lowest BCUT2D eigenvalue weighted by molar-refractivity contribution is -0.116. The second-order valence-electron chi connectivity index (χ2n) is 3.65. The Balaban J connectivity index is 3.11. The van der Waals surface area contributed by atoms with E-state index in [0.29, 0.717) is 17.7 Å². The van der Waals surface area contributed by atoms with E-state index in [1.54, 1.807) is 25.1 Å². The van der Waals surface area contributed by atoms with Crippen molar-refractivity contribution in [1.29, 1.82) is 0 Å². The maximum absolute atomic E-state index is 11.7. The van der Waals surface area contributed by atoms with Crippen LogP contribution in [0.25, 0.3) is 0 Å². The molecule has 0 heterocycles. The molecule has 0 fully saturated rings. The molecule has 1 rings (SSSR count). The van der Waals surface area contributed by atoms with Gasteiger partial charge in [-0.05, 0) is 37.8 Å². The van der Waals surface area contributed by atoms with Crippen LogP contribution in [0.15, 0.2) is 23.1 Å². The van der Waals surface area contributed by atoms with Crippen molar-refractivity contribution in [3.8, 4) is 0 Å². The molecule has 0 radical (unpaired) electrons. The molecular formula is C13H15ClO3S. The lowest BCUT2D eigenvalue weighted by atomic mass is 10.1. The molecule has 0 aliphatic carbocycles. The van der Waals surface area contributed by atoms with Gasteiger partial charge in [0.1, 0.15) is 5.38 Å². The van der Waals surface area contributed by atoms with Crippen LogP contribution >= 0.6 is 23.4 Å². The standard InChI is InChI=1S/C13H15ClO3S/c1-4-17-13(16)10-6-5-9(7-11(10)18-3)12(14)8(2)15/h5-7,12H,4H2,1-3H3. The van der Waals surface area contributed by atoms with Crippen LogP contribution in [-0.4, -0.2) is 24.6 Å². The molecule has 98 valence electrons. The van der Waals surface area contributed by atoms with E-state index in [2.05, 4.69) is 0 Å². The summed E-state index contributed by atoms with van der Waals surface area (Å²) in [5, 5.41) is -0.674. The van der Waals surface area contributed by atoms with Crippen molar-refractivity contribution in [3.63, 3.8) is 0 Å². The van der Waals surface area contributed by atoms with Gasteiger partial charge in [-0.25, -0.2) is 4.79 Å². The summed E-state index contributed by atoms with van der Waals surface area (Å²) in [6, 6.07) is 5.10. The van der Waals surface area contributed by atoms with Gasteiger partial charge in [0, 0.05) is 4.90 Å². The highest BCUT2D eigenvalue weighted by Gasteiger charge is 2.17. The number of esters is 1. The number of carbonyl (C=O) groups is 2. The number of Topliss-reactive ketones (excluding diaryl/α,β-unsaturated/α-hetero) is 1. The Kier molecular flexibility index (Phi) is 5.69. The first-order valence-electron chi connectivity index (χ1n) is 5.50. The number of hydrogen-bond acceptors (Lipinski definition) is 4. The topological polar surface area (TPSA) is 43.4 Å². The monoisotopic (exact) mass is 286 g/mol. The Morgan fingerprint density at radius 3 is 2.61 bits per heavy atom. The summed E-state index contributed by atoms with van der Waals surface area (Å²) in [6.45, 7) is 3.53. The van der Waals surface area contributed by atoms with Crippen LogP contribution in [0.4, 0.5) is 0 Å². The number of ketones is 1. The number of hydrogen-bond donors (Lipinski definition) is 0. The van der Waals surface area contributed by atoms with Crippen molar-refractivity contribution in [2.75, 3.05) is 12.9 Å². The fraction of sp³-hybridized carbons (Fsp3) is 0.385. The van der Waals surface area contributed by atoms with Gasteiger partial charge in [0.05, 0.1) is 12.2 Å². The number of carbonyl (C=O) groups excluding carboxylic acids is 2. The summed E-state index contributed by atoms with van der Waals surface area (Å²) in [5.74, 6) is -0.477. The molecule has 0 saturated carbocycles. The van der Waals surface area contributed by atoms with Gasteiger partial charge < -0.3 is 4.74 Å². The molecule has 0 bridgehead atoms. The smallest absolute Gasteiger partial charge is 0.339 e. The second kappa shape index (κ2) is 6.81. The summed E-state index contributed by atoms with van der Waals surface area (Å²) in [5.41, 5.74) is 1.20. The van der Waals surface area contributed by atoms with Crippen LogP contribution in [0.3, 0.4) is 0 Å². The Morgan fingerprint density at radius 2 is 2.11 bits per heavy atom. The van der Waals surface area contributed by atoms with E-state index in [1.165, 1.54) is 18.7 Å². The van der Waals surface area contributed by atoms with Gasteiger partial charge in [-0.15, -0.1) is 23.4 Å². The molecule has 1 atom stereocenters. The Bertz CT molecular complexity index is 460. The molecule has 3 nitrogen and oxygen atoms in total. The Morgan fingerprint density at radius 1 is 1.44 bits per heavy atom. The zero-order valence-electron chi connectivity index (χ0n) is 10.5. The number of halogens is 1. The number of benzene rings is 1. The van der Waals surface area contributed by atoms with Crippen molar-refractivity contribution in [2.45, 2.75) is 24.1 Å². The first-order chi connectivity index (χ1) is 8.51. The Labute approximate surface area is 116 Å². The van der Waals surface area contributed by atoms with Gasteiger partial charge in [-0.2, -0.15) is 0 Å². The van der Waals surface area contributed by atoms with Crippen LogP contribution in [0.1, 0.15) is 35.1 Å². The summed E-state index contributed by atoms with van der Waals surface area (Å²) < 4.78 is 4.97. The maximum Gasteiger partial charge on any atom is 0.339 e. The highest BCUT2D eigenvalue weighted by atomic mass is 35.5. The molecule has 0 N–H and O–H groups in total. The predicted octanol–water partition coefficient (Wildman–Crippen LogP) is 3.45. The normalized spacial score (nSPS) is 12.0. The third kappa shape index (κ3) is 3.50. The van der Waals surface area contributed by atoms with Crippen LogP contribution < -0.4 is 0 Å². The Hall–Kier alpha value is -1.00.